The predicted octanol–water partition coefficient (Wildman–Crippen LogP) is 5.15. The first-order valence-corrected chi connectivity index (χ1v) is 10.5. The number of allylic oxidation sites excluding steroid dienone is 1. The summed E-state index contributed by atoms with van der Waals surface area (Å²) in [5.41, 5.74) is 7.71. The zero-order valence-electron chi connectivity index (χ0n) is 16.5. The van der Waals surface area contributed by atoms with E-state index in [1.54, 1.807) is 0 Å². The summed E-state index contributed by atoms with van der Waals surface area (Å²) in [5.74, 6) is -0.460. The maximum absolute atomic E-state index is 13.0. The van der Waals surface area contributed by atoms with E-state index < -0.39 is 11.3 Å². The van der Waals surface area contributed by atoms with Gasteiger partial charge in [0.25, 0.3) is 0 Å². The number of phenols is 1. The minimum atomic E-state index is -0.700. The maximum Gasteiger partial charge on any atom is 0.205 e. The summed E-state index contributed by atoms with van der Waals surface area (Å²) in [5, 5.41) is 21.0. The van der Waals surface area contributed by atoms with Crippen molar-refractivity contribution in [3.63, 3.8) is 0 Å². The number of nitrogens with zero attached hydrogens (tertiary/aromatic N) is 1. The number of fused-ring (bicyclic) bond motifs is 2. The molecule has 156 valence electrons. The topological polar surface area (TPSA) is 109 Å². The monoisotopic (exact) mass is 486 g/mol. The highest BCUT2D eigenvalue weighted by molar-refractivity contribution is 9.10. The molecule has 1 aliphatic heterocycles. The van der Waals surface area contributed by atoms with Crippen LogP contribution in [0, 0.1) is 11.3 Å². The van der Waals surface area contributed by atoms with Gasteiger partial charge in [0.1, 0.15) is 39.9 Å². The molecule has 3 N–H and O–H groups in total. The predicted molar refractivity (Wildman–Crippen MR) is 123 cm³/mol. The molecule has 1 unspecified atom stereocenters. The number of benzene rings is 3. The molecule has 0 amide bonds. The van der Waals surface area contributed by atoms with Crippen molar-refractivity contribution in [2.75, 3.05) is 0 Å². The van der Waals surface area contributed by atoms with Crippen LogP contribution in [0.3, 0.4) is 0 Å². The molecular formula is C25H15BrN2O4. The Bertz CT molecular complexity index is 1500. The second-order valence-electron chi connectivity index (χ2n) is 7.33. The van der Waals surface area contributed by atoms with Crippen LogP contribution in [0.15, 0.2) is 91.9 Å². The van der Waals surface area contributed by atoms with E-state index in [0.29, 0.717) is 11.3 Å². The lowest BCUT2D eigenvalue weighted by molar-refractivity contribution is 0.383. The molecule has 2 heterocycles. The molecule has 3 aromatic carbocycles. The number of rotatable bonds is 2. The molecule has 1 aromatic heterocycles. The number of ether oxygens (including phenoxy) is 1. The number of phenolic OH excluding ortho intramolecular Hbond substituents is 1. The molecule has 0 bridgehead atoms. The maximum atomic E-state index is 13.0. The van der Waals surface area contributed by atoms with E-state index in [9.17, 15) is 15.2 Å². The SMILES string of the molecule is N#CC1=C(N)Oc2cc3oc(-c4ccccc4)cc(=O)c3c(O)c2C1c1ccc(Br)cc1. The molecule has 1 aliphatic rings. The Morgan fingerprint density at radius 2 is 1.78 bits per heavy atom. The van der Waals surface area contributed by atoms with Gasteiger partial charge in [0.15, 0.2) is 5.43 Å². The Kier molecular flexibility index (Phi) is 4.72. The van der Waals surface area contributed by atoms with Crippen molar-refractivity contribution < 1.29 is 14.3 Å². The van der Waals surface area contributed by atoms with Gasteiger partial charge in [-0.1, -0.05) is 58.4 Å². The zero-order chi connectivity index (χ0) is 22.4. The number of hydrogen-bond donors (Lipinski definition) is 2. The normalized spacial score (nSPS) is 15.2. The second-order valence-corrected chi connectivity index (χ2v) is 8.24. The molecule has 7 heteroatoms. The molecule has 4 aromatic rings. The van der Waals surface area contributed by atoms with Crippen LogP contribution in [0.25, 0.3) is 22.3 Å². The quantitative estimate of drug-likeness (QED) is 0.405. The molecular weight excluding hydrogens is 472 g/mol. The Balaban J connectivity index is 1.79. The molecule has 0 radical (unpaired) electrons. The highest BCUT2D eigenvalue weighted by atomic mass is 79.9. The van der Waals surface area contributed by atoms with Crippen LogP contribution < -0.4 is 15.9 Å². The van der Waals surface area contributed by atoms with E-state index in [-0.39, 0.29) is 33.9 Å². The van der Waals surface area contributed by atoms with E-state index in [4.69, 9.17) is 14.9 Å². The van der Waals surface area contributed by atoms with Gasteiger partial charge in [0.2, 0.25) is 5.88 Å². The van der Waals surface area contributed by atoms with Crippen molar-refractivity contribution in [3.05, 3.63) is 104 Å². The molecule has 0 saturated carbocycles. The summed E-state index contributed by atoms with van der Waals surface area (Å²) in [6, 6.07) is 21.4. The first-order chi connectivity index (χ1) is 15.5. The van der Waals surface area contributed by atoms with Gasteiger partial charge in [0, 0.05) is 22.2 Å². The molecule has 0 aliphatic carbocycles. The minimum absolute atomic E-state index is 0.0203. The van der Waals surface area contributed by atoms with Crippen LogP contribution in [-0.2, 0) is 0 Å². The van der Waals surface area contributed by atoms with Crippen molar-refractivity contribution in [1.82, 2.24) is 0 Å². The lowest BCUT2D eigenvalue weighted by Gasteiger charge is -2.27. The van der Waals surface area contributed by atoms with Crippen molar-refractivity contribution in [2.45, 2.75) is 5.92 Å². The fourth-order valence-corrected chi connectivity index (χ4v) is 4.24. The van der Waals surface area contributed by atoms with Gasteiger partial charge in [-0.15, -0.1) is 0 Å². The Morgan fingerprint density at radius 3 is 2.47 bits per heavy atom. The first kappa shape index (κ1) is 19.9. The van der Waals surface area contributed by atoms with E-state index >= 15 is 0 Å². The Labute approximate surface area is 190 Å². The molecule has 1 atom stereocenters. The van der Waals surface area contributed by atoms with E-state index in [0.717, 1.165) is 15.6 Å². The average Bonchev–Trinajstić information content (AvgIpc) is 2.79. The standard InChI is InChI=1S/C25H15BrN2O4/c26-15-8-6-14(7-9-15)21-16(12-27)25(28)32-20-11-19-22(24(30)23(20)21)17(29)10-18(31-19)13-4-2-1-3-5-13/h1-11,21,30H,28H2. The lowest BCUT2D eigenvalue weighted by Crippen LogP contribution is -2.21. The molecule has 32 heavy (non-hydrogen) atoms. The highest BCUT2D eigenvalue weighted by Crippen LogP contribution is 2.49. The third kappa shape index (κ3) is 3.13. The van der Waals surface area contributed by atoms with Crippen molar-refractivity contribution in [1.29, 1.82) is 5.26 Å². The third-order valence-electron chi connectivity index (χ3n) is 5.44. The number of aromatic hydroxyl groups is 1. The van der Waals surface area contributed by atoms with Crippen LogP contribution in [0.2, 0.25) is 0 Å². The van der Waals surface area contributed by atoms with Gasteiger partial charge < -0.3 is 20.0 Å². The van der Waals surface area contributed by atoms with E-state index in [2.05, 4.69) is 22.0 Å². The average molecular weight is 487 g/mol. The lowest BCUT2D eigenvalue weighted by atomic mass is 9.82. The van der Waals surface area contributed by atoms with Gasteiger partial charge in [-0.05, 0) is 17.7 Å². The summed E-state index contributed by atoms with van der Waals surface area (Å²) in [4.78, 5) is 13.0. The summed E-state index contributed by atoms with van der Waals surface area (Å²) < 4.78 is 12.5. The minimum Gasteiger partial charge on any atom is -0.507 e. The Hall–Kier alpha value is -4.02. The summed E-state index contributed by atoms with van der Waals surface area (Å²) in [6.45, 7) is 0. The second kappa shape index (κ2) is 7.59. The molecule has 0 saturated heterocycles. The van der Waals surface area contributed by atoms with E-state index in [1.807, 2.05) is 54.6 Å². The number of halogens is 1. The van der Waals surface area contributed by atoms with Crippen molar-refractivity contribution in [2.24, 2.45) is 5.73 Å². The smallest absolute Gasteiger partial charge is 0.205 e. The first-order valence-electron chi connectivity index (χ1n) is 9.70. The van der Waals surface area contributed by atoms with Gasteiger partial charge in [-0.25, -0.2) is 0 Å². The summed E-state index contributed by atoms with van der Waals surface area (Å²) in [6.07, 6.45) is 0. The van der Waals surface area contributed by atoms with Gasteiger partial charge in [-0.2, -0.15) is 5.26 Å². The van der Waals surface area contributed by atoms with Crippen LogP contribution in [0.5, 0.6) is 11.5 Å². The Morgan fingerprint density at radius 1 is 1.06 bits per heavy atom. The van der Waals surface area contributed by atoms with Gasteiger partial charge in [0.05, 0.1) is 11.5 Å². The van der Waals surface area contributed by atoms with E-state index in [1.165, 1.54) is 12.1 Å². The van der Waals surface area contributed by atoms with Gasteiger partial charge in [-0.3, -0.25) is 4.79 Å². The van der Waals surface area contributed by atoms with Crippen molar-refractivity contribution >= 4 is 26.9 Å². The number of hydrogen-bond acceptors (Lipinski definition) is 6. The molecule has 6 nitrogen and oxygen atoms in total. The number of nitriles is 1. The zero-order valence-corrected chi connectivity index (χ0v) is 18.1. The van der Waals surface area contributed by atoms with Crippen LogP contribution >= 0.6 is 15.9 Å². The molecule has 0 fully saturated rings. The highest BCUT2D eigenvalue weighted by Gasteiger charge is 2.35. The van der Waals surface area contributed by atoms with Crippen LogP contribution in [0.1, 0.15) is 17.0 Å². The fourth-order valence-electron chi connectivity index (χ4n) is 3.97. The largest absolute Gasteiger partial charge is 0.507 e. The van der Waals surface area contributed by atoms with Gasteiger partial charge >= 0.3 is 0 Å². The van der Waals surface area contributed by atoms with Crippen LogP contribution in [-0.4, -0.2) is 5.11 Å². The fraction of sp³-hybridized carbons (Fsp3) is 0.0400. The van der Waals surface area contributed by atoms with Crippen molar-refractivity contribution in [3.8, 4) is 28.9 Å². The van der Waals surface area contributed by atoms with Crippen LogP contribution in [0.4, 0.5) is 0 Å². The third-order valence-corrected chi connectivity index (χ3v) is 5.97. The number of nitrogens with two attached hydrogens (primary N) is 1. The molecule has 0 spiro atoms. The summed E-state index contributed by atoms with van der Waals surface area (Å²) in [7, 11) is 0. The molecule has 5 rings (SSSR count). The summed E-state index contributed by atoms with van der Waals surface area (Å²) >= 11 is 3.40.